The predicted molar refractivity (Wildman–Crippen MR) is 80.4 cm³/mol. The van der Waals surface area contributed by atoms with Crippen LogP contribution in [-0.2, 0) is 21.3 Å². The van der Waals surface area contributed by atoms with Crippen LogP contribution in [-0.4, -0.2) is 58.4 Å². The predicted octanol–water partition coefficient (Wildman–Crippen LogP) is 0.723. The summed E-state index contributed by atoms with van der Waals surface area (Å²) in [6.07, 6.45) is -2.20. The van der Waals surface area contributed by atoms with E-state index in [9.17, 15) is 22.3 Å². The number of aliphatic hydroxyl groups is 1. The van der Waals surface area contributed by atoms with Crippen LogP contribution in [0.4, 0.5) is 8.78 Å². The summed E-state index contributed by atoms with van der Waals surface area (Å²) in [5, 5.41) is 16.8. The van der Waals surface area contributed by atoms with Gasteiger partial charge in [-0.2, -0.15) is 13.1 Å². The van der Waals surface area contributed by atoms with Gasteiger partial charge in [0, 0.05) is 12.8 Å². The lowest BCUT2D eigenvalue weighted by Crippen LogP contribution is -2.49. The molecule has 0 saturated carbocycles. The number of alkyl halides is 2. The van der Waals surface area contributed by atoms with E-state index < -0.39 is 34.5 Å². The van der Waals surface area contributed by atoms with Crippen molar-refractivity contribution in [1.82, 2.24) is 19.5 Å². The fourth-order valence-electron chi connectivity index (χ4n) is 3.07. The minimum absolute atomic E-state index is 0.0196. The molecule has 0 amide bonds. The van der Waals surface area contributed by atoms with Crippen LogP contribution < -0.4 is 0 Å². The number of sulfonamides is 1. The molecular weight excluding hydrogens is 374 g/mol. The number of rotatable bonds is 3. The largest absolute Gasteiger partial charge is 0.415 e. The molecule has 12 heteroatoms. The first-order valence-corrected chi connectivity index (χ1v) is 9.20. The highest BCUT2D eigenvalue weighted by molar-refractivity contribution is 7.89. The Kier molecular flexibility index (Phi) is 4.22. The number of fused-ring (bicyclic) bond motifs is 1. The maximum absolute atomic E-state index is 12.9. The lowest BCUT2D eigenvalue weighted by atomic mass is 10.1. The van der Waals surface area contributed by atoms with Crippen molar-refractivity contribution in [3.8, 4) is 11.5 Å². The summed E-state index contributed by atoms with van der Waals surface area (Å²) in [6.45, 7) is 0.428. The summed E-state index contributed by atoms with van der Waals surface area (Å²) >= 11 is 0. The molecule has 2 atom stereocenters. The van der Waals surface area contributed by atoms with Gasteiger partial charge < -0.3 is 14.3 Å². The maximum Gasteiger partial charge on any atom is 0.314 e. The zero-order chi connectivity index (χ0) is 18.5. The maximum atomic E-state index is 12.9. The first-order chi connectivity index (χ1) is 12.4. The second-order valence-electron chi connectivity index (χ2n) is 5.96. The molecule has 9 nitrogen and oxygen atoms in total. The molecule has 4 rings (SSSR count). The number of hydrogen-bond donors (Lipinski definition) is 1. The van der Waals surface area contributed by atoms with Crippen LogP contribution in [0.2, 0.25) is 0 Å². The van der Waals surface area contributed by atoms with Crippen molar-refractivity contribution in [3.63, 3.8) is 0 Å². The van der Waals surface area contributed by atoms with Crippen molar-refractivity contribution in [2.45, 2.75) is 36.4 Å². The first-order valence-electron chi connectivity index (χ1n) is 7.76. The lowest BCUT2D eigenvalue weighted by Gasteiger charge is -2.33. The van der Waals surface area contributed by atoms with Crippen molar-refractivity contribution in [1.29, 1.82) is 0 Å². The van der Waals surface area contributed by atoms with E-state index >= 15 is 0 Å². The number of halogens is 2. The molecular formula is C14H14F2N4O5S. The van der Waals surface area contributed by atoms with Gasteiger partial charge in [0.05, 0.1) is 36.6 Å². The third-order valence-corrected chi connectivity index (χ3v) is 6.28. The molecule has 2 aliphatic rings. The highest BCUT2D eigenvalue weighted by atomic mass is 32.2. The Balaban J connectivity index is 1.68. The Morgan fingerprint density at radius 3 is 2.85 bits per heavy atom. The first kappa shape index (κ1) is 17.4. The van der Waals surface area contributed by atoms with Crippen molar-refractivity contribution >= 4 is 10.0 Å². The van der Waals surface area contributed by atoms with Gasteiger partial charge in [-0.15, -0.1) is 10.2 Å². The summed E-state index contributed by atoms with van der Waals surface area (Å²) in [5.74, 6) is -1.09. The number of pyridine rings is 1. The minimum Gasteiger partial charge on any atom is -0.415 e. The molecule has 0 aliphatic carbocycles. The molecule has 2 aromatic heterocycles. The normalized spacial score (nSPS) is 25.5. The van der Waals surface area contributed by atoms with Gasteiger partial charge in [-0.25, -0.2) is 8.42 Å². The van der Waals surface area contributed by atoms with E-state index in [1.165, 1.54) is 16.6 Å². The SMILES string of the molecule is O=S1(=O)c2cc(-c3nnc(C(F)F)o3)cnc2CN1[C@@H]1CCOC[C@H]1O. The fraction of sp³-hybridized carbons (Fsp3) is 0.500. The van der Waals surface area contributed by atoms with Gasteiger partial charge in [-0.05, 0) is 12.5 Å². The van der Waals surface area contributed by atoms with Crippen LogP contribution in [0, 0.1) is 0 Å². The minimum atomic E-state index is -3.90. The third kappa shape index (κ3) is 2.78. The Labute approximate surface area is 146 Å². The molecule has 0 aromatic carbocycles. The average Bonchev–Trinajstić information content (AvgIpc) is 3.19. The van der Waals surface area contributed by atoms with Crippen LogP contribution in [0.3, 0.4) is 0 Å². The van der Waals surface area contributed by atoms with Crippen LogP contribution in [0.15, 0.2) is 21.6 Å². The topological polar surface area (TPSA) is 119 Å². The lowest BCUT2D eigenvalue weighted by molar-refractivity contribution is -0.0468. The monoisotopic (exact) mass is 388 g/mol. The second kappa shape index (κ2) is 6.30. The summed E-state index contributed by atoms with van der Waals surface area (Å²) in [7, 11) is -3.90. The van der Waals surface area contributed by atoms with E-state index in [0.29, 0.717) is 18.7 Å². The van der Waals surface area contributed by atoms with E-state index in [1.807, 2.05) is 0 Å². The molecule has 4 heterocycles. The molecule has 140 valence electrons. The molecule has 2 aromatic rings. The smallest absolute Gasteiger partial charge is 0.314 e. The van der Waals surface area contributed by atoms with Crippen LogP contribution in [0.25, 0.3) is 11.5 Å². The highest BCUT2D eigenvalue weighted by Gasteiger charge is 2.43. The van der Waals surface area contributed by atoms with E-state index in [0.717, 1.165) is 0 Å². The van der Waals surface area contributed by atoms with E-state index in [1.54, 1.807) is 0 Å². The van der Waals surface area contributed by atoms with Gasteiger partial charge in [0.25, 0.3) is 5.89 Å². The van der Waals surface area contributed by atoms with Gasteiger partial charge in [0.2, 0.25) is 15.9 Å². The van der Waals surface area contributed by atoms with Crippen LogP contribution in [0.5, 0.6) is 0 Å². The van der Waals surface area contributed by atoms with E-state index in [4.69, 9.17) is 9.15 Å². The molecule has 0 radical (unpaired) electrons. The van der Waals surface area contributed by atoms with Gasteiger partial charge in [-0.1, -0.05) is 0 Å². The average molecular weight is 388 g/mol. The third-order valence-electron chi connectivity index (χ3n) is 4.36. The molecule has 0 unspecified atom stereocenters. The van der Waals surface area contributed by atoms with Gasteiger partial charge in [-0.3, -0.25) is 4.98 Å². The standard InChI is InChI=1S/C14H14F2N4O5S/c15-12(16)14-19-18-13(25-14)7-3-11-8(17-4-7)5-20(26(11,22)23)9-1-2-24-6-10(9)21/h3-4,9-10,12,21H,1-2,5-6H2/t9-,10-/m1/s1. The number of aromatic nitrogens is 3. The zero-order valence-electron chi connectivity index (χ0n) is 13.2. The molecule has 1 fully saturated rings. The van der Waals surface area contributed by atoms with Gasteiger partial charge in [0.15, 0.2) is 0 Å². The summed E-state index contributed by atoms with van der Waals surface area (Å²) in [5.41, 5.74) is 0.433. The molecule has 1 N–H and O–H groups in total. The second-order valence-corrected chi connectivity index (χ2v) is 7.82. The Bertz CT molecular complexity index is 935. The Hall–Kier alpha value is -2.02. The molecule has 26 heavy (non-hydrogen) atoms. The molecule has 0 bridgehead atoms. The number of nitrogens with zero attached hydrogens (tertiary/aromatic N) is 4. The van der Waals surface area contributed by atoms with Crippen molar-refractivity contribution in [3.05, 3.63) is 23.8 Å². The van der Waals surface area contributed by atoms with E-state index in [-0.39, 0.29) is 29.5 Å². The van der Waals surface area contributed by atoms with Crippen LogP contribution >= 0.6 is 0 Å². The summed E-state index contributed by atoms with van der Waals surface area (Å²) in [4.78, 5) is 4.04. The quantitative estimate of drug-likeness (QED) is 0.817. The van der Waals surface area contributed by atoms with Gasteiger partial charge in [0.1, 0.15) is 4.90 Å². The zero-order valence-corrected chi connectivity index (χ0v) is 14.1. The van der Waals surface area contributed by atoms with Gasteiger partial charge >= 0.3 is 6.43 Å². The highest BCUT2D eigenvalue weighted by Crippen LogP contribution is 2.35. The number of aliphatic hydroxyl groups excluding tert-OH is 1. The van der Waals surface area contributed by atoms with Crippen molar-refractivity contribution < 1.29 is 31.5 Å². The summed E-state index contributed by atoms with van der Waals surface area (Å²) in [6, 6.07) is 0.659. The van der Waals surface area contributed by atoms with Crippen molar-refractivity contribution in [2.24, 2.45) is 0 Å². The fourth-order valence-corrected chi connectivity index (χ4v) is 4.91. The Morgan fingerprint density at radius 2 is 2.15 bits per heavy atom. The number of hydrogen-bond acceptors (Lipinski definition) is 8. The van der Waals surface area contributed by atoms with Crippen LogP contribution in [0.1, 0.15) is 24.4 Å². The molecule has 0 spiro atoms. The molecule has 2 aliphatic heterocycles. The number of ether oxygens (including phenoxy) is 1. The molecule has 1 saturated heterocycles. The van der Waals surface area contributed by atoms with Crippen molar-refractivity contribution in [2.75, 3.05) is 13.2 Å². The summed E-state index contributed by atoms with van der Waals surface area (Å²) < 4.78 is 62.1. The Morgan fingerprint density at radius 1 is 1.35 bits per heavy atom. The van der Waals surface area contributed by atoms with E-state index in [2.05, 4.69) is 15.2 Å².